The molecule has 1 aromatic carbocycles. The van der Waals surface area contributed by atoms with Gasteiger partial charge in [0.1, 0.15) is 0 Å². The van der Waals surface area contributed by atoms with Crippen molar-refractivity contribution in [2.24, 2.45) is 11.7 Å². The van der Waals surface area contributed by atoms with Crippen molar-refractivity contribution in [2.45, 2.75) is 64.5 Å². The van der Waals surface area contributed by atoms with Crippen LogP contribution in [0.2, 0.25) is 0 Å². The van der Waals surface area contributed by atoms with Gasteiger partial charge in [-0.15, -0.1) is 0 Å². The largest absolute Gasteiger partial charge is 0.493 e. The first-order valence-electron chi connectivity index (χ1n) is 8.21. The van der Waals surface area contributed by atoms with Gasteiger partial charge in [0.15, 0.2) is 11.5 Å². The lowest BCUT2D eigenvalue weighted by atomic mass is 9.89. The van der Waals surface area contributed by atoms with E-state index in [0.29, 0.717) is 6.10 Å². The summed E-state index contributed by atoms with van der Waals surface area (Å²) in [5.41, 5.74) is 7.28. The number of hydrogen-bond donors (Lipinski definition) is 1. The van der Waals surface area contributed by atoms with Gasteiger partial charge in [0, 0.05) is 6.04 Å². The standard InChI is InChI=1S/C18H29NO2/c1-4-15(19)11-14-7-10-17(20-3)18(12-14)21-16-8-5-13(2)6-9-16/h7,10,12-13,15-16H,4-6,8-9,11,19H2,1-3H3. The molecule has 1 aromatic rings. The van der Waals surface area contributed by atoms with Crippen molar-refractivity contribution in [2.75, 3.05) is 7.11 Å². The van der Waals surface area contributed by atoms with E-state index in [1.807, 2.05) is 6.07 Å². The second-order valence-electron chi connectivity index (χ2n) is 6.36. The molecule has 1 aliphatic carbocycles. The number of nitrogens with two attached hydrogens (primary N) is 1. The molecule has 0 aromatic heterocycles. The Labute approximate surface area is 128 Å². The average molecular weight is 291 g/mol. The van der Waals surface area contributed by atoms with Crippen LogP contribution in [0.1, 0.15) is 51.5 Å². The quantitative estimate of drug-likeness (QED) is 0.863. The molecule has 2 N–H and O–H groups in total. The van der Waals surface area contributed by atoms with E-state index in [2.05, 4.69) is 26.0 Å². The first-order valence-corrected chi connectivity index (χ1v) is 8.21. The molecule has 3 nitrogen and oxygen atoms in total. The third kappa shape index (κ3) is 4.63. The van der Waals surface area contributed by atoms with Crippen molar-refractivity contribution >= 4 is 0 Å². The molecular weight excluding hydrogens is 262 g/mol. The van der Waals surface area contributed by atoms with Gasteiger partial charge in [-0.05, 0) is 62.1 Å². The van der Waals surface area contributed by atoms with Crippen LogP contribution in [-0.4, -0.2) is 19.3 Å². The summed E-state index contributed by atoms with van der Waals surface area (Å²) in [6, 6.07) is 6.40. The zero-order chi connectivity index (χ0) is 15.2. The summed E-state index contributed by atoms with van der Waals surface area (Å²) < 4.78 is 11.7. The van der Waals surface area contributed by atoms with Crippen molar-refractivity contribution in [1.29, 1.82) is 0 Å². The molecule has 0 bridgehead atoms. The maximum Gasteiger partial charge on any atom is 0.161 e. The van der Waals surface area contributed by atoms with Gasteiger partial charge in [0.2, 0.25) is 0 Å². The molecule has 118 valence electrons. The first kappa shape index (κ1) is 16.2. The van der Waals surface area contributed by atoms with Crippen LogP contribution in [0.25, 0.3) is 0 Å². The lowest BCUT2D eigenvalue weighted by Crippen LogP contribution is -2.24. The Bertz CT molecular complexity index is 439. The fraction of sp³-hybridized carbons (Fsp3) is 0.667. The Morgan fingerprint density at radius 3 is 2.52 bits per heavy atom. The summed E-state index contributed by atoms with van der Waals surface area (Å²) in [5.74, 6) is 2.53. The van der Waals surface area contributed by atoms with Crippen molar-refractivity contribution < 1.29 is 9.47 Å². The molecular formula is C18H29NO2. The molecule has 21 heavy (non-hydrogen) atoms. The zero-order valence-electron chi connectivity index (χ0n) is 13.6. The predicted octanol–water partition coefficient (Wildman–Crippen LogP) is 3.93. The van der Waals surface area contributed by atoms with Gasteiger partial charge in [-0.2, -0.15) is 0 Å². The van der Waals surface area contributed by atoms with Crippen LogP contribution in [0.4, 0.5) is 0 Å². The second kappa shape index (κ2) is 7.69. The lowest BCUT2D eigenvalue weighted by Gasteiger charge is -2.27. The Hall–Kier alpha value is -1.22. The fourth-order valence-electron chi connectivity index (χ4n) is 2.91. The Kier molecular flexibility index (Phi) is 5.92. The smallest absolute Gasteiger partial charge is 0.161 e. The highest BCUT2D eigenvalue weighted by Crippen LogP contribution is 2.33. The highest BCUT2D eigenvalue weighted by Gasteiger charge is 2.21. The number of hydrogen-bond acceptors (Lipinski definition) is 3. The van der Waals surface area contributed by atoms with Crippen LogP contribution in [0.15, 0.2) is 18.2 Å². The summed E-state index contributed by atoms with van der Waals surface area (Å²) in [5, 5.41) is 0. The number of methoxy groups -OCH3 is 1. The minimum Gasteiger partial charge on any atom is -0.493 e. The van der Waals surface area contributed by atoms with Crippen LogP contribution in [-0.2, 0) is 6.42 Å². The highest BCUT2D eigenvalue weighted by molar-refractivity contribution is 5.43. The summed E-state index contributed by atoms with van der Waals surface area (Å²) in [6.45, 7) is 4.44. The van der Waals surface area contributed by atoms with Gasteiger partial charge in [0.25, 0.3) is 0 Å². The molecule has 1 unspecified atom stereocenters. The van der Waals surface area contributed by atoms with Crippen molar-refractivity contribution in [3.8, 4) is 11.5 Å². The summed E-state index contributed by atoms with van der Waals surface area (Å²) in [7, 11) is 1.70. The molecule has 0 radical (unpaired) electrons. The minimum atomic E-state index is 0.210. The SMILES string of the molecule is CCC(N)Cc1ccc(OC)c(OC2CCC(C)CC2)c1. The predicted molar refractivity (Wildman–Crippen MR) is 87.0 cm³/mol. The topological polar surface area (TPSA) is 44.5 Å². The van der Waals surface area contributed by atoms with Crippen LogP contribution in [0.5, 0.6) is 11.5 Å². The number of ether oxygens (including phenoxy) is 2. The number of rotatable bonds is 6. The second-order valence-corrected chi connectivity index (χ2v) is 6.36. The van der Waals surface area contributed by atoms with Crippen LogP contribution < -0.4 is 15.2 Å². The molecule has 1 saturated carbocycles. The Morgan fingerprint density at radius 1 is 1.19 bits per heavy atom. The monoisotopic (exact) mass is 291 g/mol. The maximum atomic E-state index is 6.22. The van der Waals surface area contributed by atoms with E-state index in [4.69, 9.17) is 15.2 Å². The van der Waals surface area contributed by atoms with Crippen LogP contribution >= 0.6 is 0 Å². The van der Waals surface area contributed by atoms with E-state index in [9.17, 15) is 0 Å². The van der Waals surface area contributed by atoms with E-state index in [1.165, 1.54) is 18.4 Å². The van der Waals surface area contributed by atoms with E-state index in [1.54, 1.807) is 7.11 Å². The molecule has 0 amide bonds. The van der Waals surface area contributed by atoms with Crippen molar-refractivity contribution in [3.05, 3.63) is 23.8 Å². The molecule has 2 rings (SSSR count). The van der Waals surface area contributed by atoms with Crippen molar-refractivity contribution in [1.82, 2.24) is 0 Å². The van der Waals surface area contributed by atoms with E-state index in [0.717, 1.165) is 43.1 Å². The normalized spacial score (nSPS) is 23.6. The van der Waals surface area contributed by atoms with Gasteiger partial charge >= 0.3 is 0 Å². The fourth-order valence-corrected chi connectivity index (χ4v) is 2.91. The molecule has 1 aliphatic rings. The van der Waals surface area contributed by atoms with Crippen molar-refractivity contribution in [3.63, 3.8) is 0 Å². The molecule has 0 aliphatic heterocycles. The summed E-state index contributed by atoms with van der Waals surface area (Å²) >= 11 is 0. The summed E-state index contributed by atoms with van der Waals surface area (Å²) in [4.78, 5) is 0. The Balaban J connectivity index is 2.06. The van der Waals surface area contributed by atoms with Gasteiger partial charge in [0.05, 0.1) is 13.2 Å². The molecule has 1 fully saturated rings. The molecule has 1 atom stereocenters. The van der Waals surface area contributed by atoms with Crippen LogP contribution in [0.3, 0.4) is 0 Å². The third-order valence-corrected chi connectivity index (χ3v) is 4.51. The maximum absolute atomic E-state index is 6.22. The Morgan fingerprint density at radius 2 is 1.90 bits per heavy atom. The molecule has 0 saturated heterocycles. The number of benzene rings is 1. The van der Waals surface area contributed by atoms with E-state index in [-0.39, 0.29) is 6.04 Å². The highest BCUT2D eigenvalue weighted by atomic mass is 16.5. The zero-order valence-corrected chi connectivity index (χ0v) is 13.6. The van der Waals surface area contributed by atoms with Gasteiger partial charge in [-0.3, -0.25) is 0 Å². The summed E-state index contributed by atoms with van der Waals surface area (Å²) in [6.07, 6.45) is 7.00. The van der Waals surface area contributed by atoms with Gasteiger partial charge < -0.3 is 15.2 Å². The lowest BCUT2D eigenvalue weighted by molar-refractivity contribution is 0.131. The molecule has 0 heterocycles. The average Bonchev–Trinajstić information content (AvgIpc) is 2.50. The van der Waals surface area contributed by atoms with E-state index >= 15 is 0 Å². The first-order chi connectivity index (χ1) is 10.1. The van der Waals surface area contributed by atoms with E-state index < -0.39 is 0 Å². The molecule has 0 spiro atoms. The van der Waals surface area contributed by atoms with Gasteiger partial charge in [-0.1, -0.05) is 19.9 Å². The van der Waals surface area contributed by atoms with Crippen LogP contribution in [0, 0.1) is 5.92 Å². The minimum absolute atomic E-state index is 0.210. The molecule has 3 heteroatoms. The van der Waals surface area contributed by atoms with Gasteiger partial charge in [-0.25, -0.2) is 0 Å². The third-order valence-electron chi connectivity index (χ3n) is 4.51.